The Labute approximate surface area is 130 Å². The van der Waals surface area contributed by atoms with E-state index < -0.39 is 5.91 Å². The molecule has 0 saturated carbocycles. The van der Waals surface area contributed by atoms with Crippen molar-refractivity contribution in [2.24, 2.45) is 5.73 Å². The molecular weight excluding hydrogens is 278 g/mol. The Morgan fingerprint density at radius 2 is 1.86 bits per heavy atom. The molecule has 116 valence electrons. The molecule has 1 amide bonds. The van der Waals surface area contributed by atoms with E-state index in [9.17, 15) is 4.79 Å². The molecule has 0 aromatic heterocycles. The number of hydrogen-bond donors (Lipinski definition) is 1. The van der Waals surface area contributed by atoms with Crippen LogP contribution in [0.25, 0.3) is 11.1 Å². The summed E-state index contributed by atoms with van der Waals surface area (Å²) < 4.78 is 10.9. The summed E-state index contributed by atoms with van der Waals surface area (Å²) in [4.78, 5) is 10.8. The molecule has 2 aromatic rings. The quantitative estimate of drug-likeness (QED) is 0.853. The maximum absolute atomic E-state index is 10.8. The van der Waals surface area contributed by atoms with E-state index in [-0.39, 0.29) is 12.7 Å². The van der Waals surface area contributed by atoms with Crippen LogP contribution in [0, 0.1) is 0 Å². The van der Waals surface area contributed by atoms with Crippen LogP contribution in [0.3, 0.4) is 0 Å². The van der Waals surface area contributed by atoms with Gasteiger partial charge in [0.1, 0.15) is 5.75 Å². The normalized spacial score (nSPS) is 11.9. The highest BCUT2D eigenvalue weighted by atomic mass is 16.5. The predicted octanol–water partition coefficient (Wildman–Crippen LogP) is 3.32. The summed E-state index contributed by atoms with van der Waals surface area (Å²) in [5.74, 6) is 0.141. The number of carbonyl (C=O) groups excluding carboxylic acids is 1. The number of hydrogen-bond acceptors (Lipinski definition) is 3. The van der Waals surface area contributed by atoms with E-state index in [1.165, 1.54) is 0 Å². The molecule has 2 aromatic carbocycles. The van der Waals surface area contributed by atoms with Crippen LogP contribution in [0.4, 0.5) is 0 Å². The van der Waals surface area contributed by atoms with E-state index in [0.29, 0.717) is 12.4 Å². The molecule has 0 heterocycles. The van der Waals surface area contributed by atoms with Crippen molar-refractivity contribution in [1.82, 2.24) is 0 Å². The Bertz CT molecular complexity index is 622. The molecule has 0 aliphatic rings. The van der Waals surface area contributed by atoms with Crippen molar-refractivity contribution in [1.29, 1.82) is 0 Å². The van der Waals surface area contributed by atoms with Gasteiger partial charge >= 0.3 is 0 Å². The van der Waals surface area contributed by atoms with Crippen molar-refractivity contribution >= 4 is 5.91 Å². The van der Waals surface area contributed by atoms with Gasteiger partial charge in [-0.1, -0.05) is 36.4 Å². The van der Waals surface area contributed by atoms with Crippen molar-refractivity contribution in [3.63, 3.8) is 0 Å². The standard InChI is InChI=1S/C18H21NO3/c1-3-21-13(2)14-7-9-15(10-8-14)16-5-4-6-17(11-16)22-12-18(19)20/h4-11,13H,3,12H2,1-2H3,(H2,19,20). The zero-order valence-electron chi connectivity index (χ0n) is 12.9. The van der Waals surface area contributed by atoms with Crippen LogP contribution in [0.2, 0.25) is 0 Å². The molecule has 0 aliphatic carbocycles. The summed E-state index contributed by atoms with van der Waals surface area (Å²) in [6, 6.07) is 15.8. The van der Waals surface area contributed by atoms with Crippen LogP contribution < -0.4 is 10.5 Å². The number of ether oxygens (including phenoxy) is 2. The van der Waals surface area contributed by atoms with Crippen LogP contribution in [0.15, 0.2) is 48.5 Å². The second-order valence-corrected chi connectivity index (χ2v) is 5.00. The van der Waals surface area contributed by atoms with Gasteiger partial charge in [0, 0.05) is 6.61 Å². The third-order valence-electron chi connectivity index (χ3n) is 3.35. The molecule has 0 spiro atoms. The summed E-state index contributed by atoms with van der Waals surface area (Å²) in [5.41, 5.74) is 8.33. The van der Waals surface area contributed by atoms with Crippen molar-refractivity contribution in [2.45, 2.75) is 20.0 Å². The van der Waals surface area contributed by atoms with E-state index in [2.05, 4.69) is 24.3 Å². The number of nitrogens with two attached hydrogens (primary N) is 1. The predicted molar refractivity (Wildman–Crippen MR) is 86.6 cm³/mol. The van der Waals surface area contributed by atoms with E-state index in [4.69, 9.17) is 15.2 Å². The summed E-state index contributed by atoms with van der Waals surface area (Å²) in [6.45, 7) is 4.61. The van der Waals surface area contributed by atoms with Gasteiger partial charge in [0.2, 0.25) is 0 Å². The summed E-state index contributed by atoms with van der Waals surface area (Å²) in [7, 11) is 0. The highest BCUT2D eigenvalue weighted by Gasteiger charge is 2.06. The van der Waals surface area contributed by atoms with Crippen LogP contribution in [0.1, 0.15) is 25.5 Å². The van der Waals surface area contributed by atoms with Gasteiger partial charge in [-0.2, -0.15) is 0 Å². The molecule has 0 fully saturated rings. The van der Waals surface area contributed by atoms with Gasteiger partial charge in [-0.15, -0.1) is 0 Å². The molecule has 4 nitrogen and oxygen atoms in total. The van der Waals surface area contributed by atoms with E-state index >= 15 is 0 Å². The SMILES string of the molecule is CCOC(C)c1ccc(-c2cccc(OCC(N)=O)c2)cc1. The molecule has 0 bridgehead atoms. The molecular formula is C18H21NO3. The first-order valence-corrected chi connectivity index (χ1v) is 7.33. The molecule has 0 saturated heterocycles. The monoisotopic (exact) mass is 299 g/mol. The molecule has 22 heavy (non-hydrogen) atoms. The molecule has 0 aliphatic heterocycles. The zero-order valence-corrected chi connectivity index (χ0v) is 12.9. The summed E-state index contributed by atoms with van der Waals surface area (Å²) in [5, 5.41) is 0. The van der Waals surface area contributed by atoms with E-state index in [1.807, 2.05) is 32.0 Å². The first-order valence-electron chi connectivity index (χ1n) is 7.33. The van der Waals surface area contributed by atoms with Crippen LogP contribution in [-0.4, -0.2) is 19.1 Å². The van der Waals surface area contributed by atoms with Crippen LogP contribution in [-0.2, 0) is 9.53 Å². The Kier molecular flexibility index (Phi) is 5.55. The maximum Gasteiger partial charge on any atom is 0.255 e. The fourth-order valence-corrected chi connectivity index (χ4v) is 2.21. The van der Waals surface area contributed by atoms with Gasteiger partial charge in [-0.05, 0) is 42.7 Å². The molecule has 0 radical (unpaired) electrons. The second kappa shape index (κ2) is 7.61. The number of carbonyl (C=O) groups is 1. The minimum Gasteiger partial charge on any atom is -0.484 e. The lowest BCUT2D eigenvalue weighted by molar-refractivity contribution is -0.119. The summed E-state index contributed by atoms with van der Waals surface area (Å²) in [6.07, 6.45) is 0.0873. The number of amides is 1. The number of rotatable bonds is 7. The highest BCUT2D eigenvalue weighted by Crippen LogP contribution is 2.26. The average molecular weight is 299 g/mol. The van der Waals surface area contributed by atoms with Crippen molar-refractivity contribution < 1.29 is 14.3 Å². The third kappa shape index (κ3) is 4.33. The minimum atomic E-state index is -0.486. The largest absolute Gasteiger partial charge is 0.484 e. The second-order valence-electron chi connectivity index (χ2n) is 5.00. The molecule has 2 N–H and O–H groups in total. The van der Waals surface area contributed by atoms with Gasteiger partial charge in [0.25, 0.3) is 5.91 Å². The first kappa shape index (κ1) is 16.0. The van der Waals surface area contributed by atoms with Gasteiger partial charge < -0.3 is 15.2 Å². The lowest BCUT2D eigenvalue weighted by atomic mass is 10.0. The van der Waals surface area contributed by atoms with Gasteiger partial charge in [0.15, 0.2) is 6.61 Å². The Morgan fingerprint density at radius 3 is 2.50 bits per heavy atom. The van der Waals surface area contributed by atoms with Gasteiger partial charge in [-0.3, -0.25) is 4.79 Å². The van der Waals surface area contributed by atoms with E-state index in [0.717, 1.165) is 16.7 Å². The van der Waals surface area contributed by atoms with Gasteiger partial charge in [0.05, 0.1) is 6.10 Å². The maximum atomic E-state index is 10.8. The Hall–Kier alpha value is -2.33. The Morgan fingerprint density at radius 1 is 1.14 bits per heavy atom. The molecule has 1 atom stereocenters. The first-order chi connectivity index (χ1) is 10.6. The van der Waals surface area contributed by atoms with E-state index in [1.54, 1.807) is 6.07 Å². The van der Waals surface area contributed by atoms with Crippen LogP contribution in [0.5, 0.6) is 5.75 Å². The van der Waals surface area contributed by atoms with Crippen molar-refractivity contribution in [3.05, 3.63) is 54.1 Å². The smallest absolute Gasteiger partial charge is 0.255 e. The average Bonchev–Trinajstić information content (AvgIpc) is 2.53. The Balaban J connectivity index is 2.14. The van der Waals surface area contributed by atoms with Gasteiger partial charge in [-0.25, -0.2) is 0 Å². The molecule has 1 unspecified atom stereocenters. The molecule has 2 rings (SSSR count). The third-order valence-corrected chi connectivity index (χ3v) is 3.35. The van der Waals surface area contributed by atoms with Crippen LogP contribution >= 0.6 is 0 Å². The lowest BCUT2D eigenvalue weighted by Crippen LogP contribution is -2.19. The number of primary amides is 1. The fraction of sp³-hybridized carbons (Fsp3) is 0.278. The summed E-state index contributed by atoms with van der Waals surface area (Å²) >= 11 is 0. The lowest BCUT2D eigenvalue weighted by Gasteiger charge is -2.13. The van der Waals surface area contributed by atoms with Crippen molar-refractivity contribution in [3.8, 4) is 16.9 Å². The topological polar surface area (TPSA) is 61.6 Å². The number of benzene rings is 2. The van der Waals surface area contributed by atoms with Crippen molar-refractivity contribution in [2.75, 3.05) is 13.2 Å². The highest BCUT2D eigenvalue weighted by molar-refractivity contribution is 5.75. The zero-order chi connectivity index (χ0) is 15.9. The minimum absolute atomic E-state index is 0.0873. The fourth-order valence-electron chi connectivity index (χ4n) is 2.21. The molecule has 4 heteroatoms.